The standard InChI is InChI=1S/C19H27N5OS/c1-16(14-25-15-17-5-3-2-4-6-17)13-22-18(20)23-8-10-24(11-9-23)19-21-7-12-26-19/h2-7,12,16H,8-11,13-15H2,1H3,(H2,20,22). The van der Waals surface area contributed by atoms with E-state index < -0.39 is 0 Å². The summed E-state index contributed by atoms with van der Waals surface area (Å²) in [6.45, 7) is 7.78. The van der Waals surface area contributed by atoms with Crippen molar-refractivity contribution in [1.29, 1.82) is 0 Å². The molecule has 1 atom stereocenters. The molecule has 2 N–H and O–H groups in total. The number of aromatic nitrogens is 1. The van der Waals surface area contributed by atoms with Gasteiger partial charge < -0.3 is 20.3 Å². The Morgan fingerprint density at radius 2 is 2.04 bits per heavy atom. The minimum Gasteiger partial charge on any atom is -0.376 e. The molecule has 1 unspecified atom stereocenters. The molecule has 0 aliphatic carbocycles. The highest BCUT2D eigenvalue weighted by Gasteiger charge is 2.19. The van der Waals surface area contributed by atoms with E-state index in [0.29, 0.717) is 31.6 Å². The molecule has 1 aromatic heterocycles. The molecule has 140 valence electrons. The predicted molar refractivity (Wildman–Crippen MR) is 108 cm³/mol. The van der Waals surface area contributed by atoms with Gasteiger partial charge in [0.25, 0.3) is 0 Å². The predicted octanol–water partition coefficient (Wildman–Crippen LogP) is 2.43. The van der Waals surface area contributed by atoms with Crippen LogP contribution in [-0.4, -0.2) is 55.2 Å². The number of hydrogen-bond donors (Lipinski definition) is 1. The fraction of sp³-hybridized carbons (Fsp3) is 0.474. The van der Waals surface area contributed by atoms with Gasteiger partial charge >= 0.3 is 0 Å². The van der Waals surface area contributed by atoms with Gasteiger partial charge in [0.15, 0.2) is 11.1 Å². The van der Waals surface area contributed by atoms with Crippen LogP contribution in [0.15, 0.2) is 46.9 Å². The third-order valence-electron chi connectivity index (χ3n) is 4.37. The van der Waals surface area contributed by atoms with Crippen LogP contribution in [0.4, 0.5) is 5.13 Å². The Kier molecular flexibility index (Phi) is 6.85. The summed E-state index contributed by atoms with van der Waals surface area (Å²) in [5, 5.41) is 3.10. The zero-order valence-electron chi connectivity index (χ0n) is 15.3. The number of nitrogens with zero attached hydrogens (tertiary/aromatic N) is 4. The van der Waals surface area contributed by atoms with E-state index in [0.717, 1.165) is 31.3 Å². The zero-order chi connectivity index (χ0) is 18.2. The Bertz CT molecular complexity index is 669. The number of thiazole rings is 1. The van der Waals surface area contributed by atoms with Crippen LogP contribution in [0, 0.1) is 5.92 Å². The first-order valence-electron chi connectivity index (χ1n) is 9.03. The van der Waals surface area contributed by atoms with Crippen LogP contribution >= 0.6 is 11.3 Å². The number of hydrogen-bond acceptors (Lipinski definition) is 5. The minimum absolute atomic E-state index is 0.342. The van der Waals surface area contributed by atoms with Gasteiger partial charge in [-0.15, -0.1) is 11.3 Å². The molecule has 3 rings (SSSR count). The number of aliphatic imine (C=N–C) groups is 1. The Morgan fingerprint density at radius 1 is 1.27 bits per heavy atom. The SMILES string of the molecule is CC(CN=C(N)N1CCN(c2nccs2)CC1)COCc1ccccc1. The van der Waals surface area contributed by atoms with Gasteiger partial charge in [0.1, 0.15) is 0 Å². The maximum atomic E-state index is 6.18. The zero-order valence-corrected chi connectivity index (χ0v) is 16.1. The van der Waals surface area contributed by atoms with Crippen molar-refractivity contribution in [2.45, 2.75) is 13.5 Å². The fourth-order valence-electron chi connectivity index (χ4n) is 2.85. The Labute approximate surface area is 159 Å². The smallest absolute Gasteiger partial charge is 0.191 e. The van der Waals surface area contributed by atoms with Crippen LogP contribution < -0.4 is 10.6 Å². The van der Waals surface area contributed by atoms with Crippen molar-refractivity contribution in [2.24, 2.45) is 16.6 Å². The molecule has 1 fully saturated rings. The van der Waals surface area contributed by atoms with Crippen molar-refractivity contribution in [2.75, 3.05) is 44.2 Å². The number of rotatable bonds is 7. The van der Waals surface area contributed by atoms with Gasteiger partial charge in [0.2, 0.25) is 0 Å². The second kappa shape index (κ2) is 9.54. The molecule has 0 spiro atoms. The monoisotopic (exact) mass is 373 g/mol. The summed E-state index contributed by atoms with van der Waals surface area (Å²) >= 11 is 1.68. The number of guanidine groups is 1. The molecule has 0 bridgehead atoms. The van der Waals surface area contributed by atoms with Gasteiger partial charge in [-0.3, -0.25) is 4.99 Å². The first-order valence-corrected chi connectivity index (χ1v) is 9.91. The fourth-order valence-corrected chi connectivity index (χ4v) is 3.55. The van der Waals surface area contributed by atoms with Gasteiger partial charge in [-0.05, 0) is 11.5 Å². The lowest BCUT2D eigenvalue weighted by Gasteiger charge is -2.35. The summed E-state index contributed by atoms with van der Waals surface area (Å²) in [6.07, 6.45) is 1.85. The van der Waals surface area contributed by atoms with E-state index in [1.807, 2.05) is 29.8 Å². The molecule has 1 saturated heterocycles. The molecular formula is C19H27N5OS. The van der Waals surface area contributed by atoms with E-state index in [4.69, 9.17) is 10.5 Å². The summed E-state index contributed by atoms with van der Waals surface area (Å²) in [7, 11) is 0. The molecule has 0 radical (unpaired) electrons. The van der Waals surface area contributed by atoms with Crippen molar-refractivity contribution in [3.05, 3.63) is 47.5 Å². The van der Waals surface area contributed by atoms with E-state index in [2.05, 4.69) is 38.8 Å². The highest BCUT2D eigenvalue weighted by molar-refractivity contribution is 7.13. The van der Waals surface area contributed by atoms with Crippen molar-refractivity contribution in [3.63, 3.8) is 0 Å². The molecule has 0 saturated carbocycles. The molecule has 6 nitrogen and oxygen atoms in total. The van der Waals surface area contributed by atoms with Gasteiger partial charge in [0, 0.05) is 44.3 Å². The van der Waals surface area contributed by atoms with Crippen LogP contribution in [-0.2, 0) is 11.3 Å². The molecule has 2 heterocycles. The number of piperazine rings is 1. The second-order valence-corrected chi connectivity index (χ2v) is 7.47. The third-order valence-corrected chi connectivity index (χ3v) is 5.20. The Balaban J connectivity index is 1.36. The maximum Gasteiger partial charge on any atom is 0.191 e. The first kappa shape index (κ1) is 18.7. The number of ether oxygens (including phenoxy) is 1. The van der Waals surface area contributed by atoms with Gasteiger partial charge in [-0.1, -0.05) is 37.3 Å². The average Bonchev–Trinajstić information content (AvgIpc) is 3.22. The maximum absolute atomic E-state index is 6.18. The van der Waals surface area contributed by atoms with E-state index in [1.165, 1.54) is 5.56 Å². The van der Waals surface area contributed by atoms with Crippen LogP contribution in [0.3, 0.4) is 0 Å². The summed E-state index contributed by atoms with van der Waals surface area (Å²) in [5.41, 5.74) is 7.38. The van der Waals surface area contributed by atoms with Crippen LogP contribution in [0.1, 0.15) is 12.5 Å². The van der Waals surface area contributed by atoms with Crippen molar-refractivity contribution < 1.29 is 4.74 Å². The average molecular weight is 374 g/mol. The van der Waals surface area contributed by atoms with Crippen LogP contribution in [0.25, 0.3) is 0 Å². The van der Waals surface area contributed by atoms with Crippen molar-refractivity contribution in [3.8, 4) is 0 Å². The Morgan fingerprint density at radius 3 is 2.73 bits per heavy atom. The van der Waals surface area contributed by atoms with E-state index in [9.17, 15) is 0 Å². The molecule has 2 aromatic rings. The Hall–Kier alpha value is -2.12. The summed E-state index contributed by atoms with van der Waals surface area (Å²) in [4.78, 5) is 13.4. The van der Waals surface area contributed by atoms with Gasteiger partial charge in [-0.25, -0.2) is 4.98 Å². The lowest BCUT2D eigenvalue weighted by Crippen LogP contribution is -2.51. The minimum atomic E-state index is 0.342. The summed E-state index contributed by atoms with van der Waals surface area (Å²) in [5.74, 6) is 0.979. The molecule has 0 amide bonds. The highest BCUT2D eigenvalue weighted by atomic mass is 32.1. The first-order chi connectivity index (χ1) is 12.7. The third kappa shape index (κ3) is 5.44. The summed E-state index contributed by atoms with van der Waals surface area (Å²) < 4.78 is 5.78. The van der Waals surface area contributed by atoms with Crippen LogP contribution in [0.2, 0.25) is 0 Å². The van der Waals surface area contributed by atoms with E-state index >= 15 is 0 Å². The lowest BCUT2D eigenvalue weighted by atomic mass is 10.2. The topological polar surface area (TPSA) is 67.0 Å². The molecular weight excluding hydrogens is 346 g/mol. The molecule has 1 aromatic carbocycles. The molecule has 1 aliphatic rings. The van der Waals surface area contributed by atoms with Gasteiger partial charge in [0.05, 0.1) is 13.2 Å². The second-order valence-electron chi connectivity index (χ2n) is 6.59. The van der Waals surface area contributed by atoms with Gasteiger partial charge in [-0.2, -0.15) is 0 Å². The van der Waals surface area contributed by atoms with Crippen molar-refractivity contribution in [1.82, 2.24) is 9.88 Å². The number of benzene rings is 1. The molecule has 7 heteroatoms. The van der Waals surface area contributed by atoms with Crippen molar-refractivity contribution >= 4 is 22.4 Å². The van der Waals surface area contributed by atoms with E-state index in [-0.39, 0.29) is 0 Å². The molecule has 26 heavy (non-hydrogen) atoms. The normalized spacial score (nSPS) is 16.7. The van der Waals surface area contributed by atoms with Crippen LogP contribution in [0.5, 0.6) is 0 Å². The highest BCUT2D eigenvalue weighted by Crippen LogP contribution is 2.18. The lowest BCUT2D eigenvalue weighted by molar-refractivity contribution is 0.0944. The van der Waals surface area contributed by atoms with E-state index in [1.54, 1.807) is 11.3 Å². The summed E-state index contributed by atoms with van der Waals surface area (Å²) in [6, 6.07) is 10.2. The largest absolute Gasteiger partial charge is 0.376 e. The molecule has 1 aliphatic heterocycles. The number of anilines is 1. The quantitative estimate of drug-likeness (QED) is 0.596. The number of nitrogens with two attached hydrogens (primary N) is 1.